The number of nitrogens with one attached hydrogen (secondary N) is 1. The van der Waals surface area contributed by atoms with Gasteiger partial charge in [-0.25, -0.2) is 4.79 Å². The topological polar surface area (TPSA) is 78.8 Å². The molecular weight excluding hydrogens is 240 g/mol. The van der Waals surface area contributed by atoms with Crippen molar-refractivity contribution in [1.82, 2.24) is 0 Å². The Labute approximate surface area is 103 Å². The smallest absolute Gasteiger partial charge is 0.433 e. The number of thioether (sulfide) groups is 1. The standard InChI is InChI=1S/C11H12N2O3S/c1-8-4-2-3-5-9(8)12-10(13-11(15)16)17-7-6-14/h2-6H,7H2,1H3,(H,12,13)(H,15,16). The molecule has 0 atom stereocenters. The van der Waals surface area contributed by atoms with Crippen LogP contribution in [0.3, 0.4) is 0 Å². The van der Waals surface area contributed by atoms with Crippen molar-refractivity contribution in [3.05, 3.63) is 29.8 Å². The Bertz CT molecular complexity index is 446. The number of aldehydes is 1. The third-order valence-electron chi connectivity index (χ3n) is 1.87. The molecule has 0 unspecified atom stereocenters. The van der Waals surface area contributed by atoms with E-state index in [1.54, 1.807) is 0 Å². The van der Waals surface area contributed by atoms with Crippen LogP contribution in [0.15, 0.2) is 29.3 Å². The van der Waals surface area contributed by atoms with Gasteiger partial charge in [-0.3, -0.25) is 0 Å². The number of carbonyl (C=O) groups excluding carboxylic acids is 1. The largest absolute Gasteiger partial charge is 0.463 e. The van der Waals surface area contributed by atoms with Crippen molar-refractivity contribution in [3.63, 3.8) is 0 Å². The first-order valence-corrected chi connectivity index (χ1v) is 5.82. The SMILES string of the molecule is Cc1ccccc1N/C(=N/C(=O)O)SCC=O. The molecule has 0 aliphatic heterocycles. The molecule has 90 valence electrons. The Morgan fingerprint density at radius 1 is 1.53 bits per heavy atom. The zero-order valence-electron chi connectivity index (χ0n) is 9.21. The molecule has 0 aromatic heterocycles. The van der Waals surface area contributed by atoms with Crippen LogP contribution < -0.4 is 5.32 Å². The minimum atomic E-state index is -1.29. The predicted molar refractivity (Wildman–Crippen MR) is 68.8 cm³/mol. The molecule has 0 spiro atoms. The van der Waals surface area contributed by atoms with E-state index in [1.807, 2.05) is 31.2 Å². The molecule has 0 fully saturated rings. The summed E-state index contributed by atoms with van der Waals surface area (Å²) in [5, 5.41) is 11.7. The van der Waals surface area contributed by atoms with Gasteiger partial charge in [0.25, 0.3) is 0 Å². The summed E-state index contributed by atoms with van der Waals surface area (Å²) >= 11 is 1.04. The third-order valence-corrected chi connectivity index (χ3v) is 2.64. The Morgan fingerprint density at radius 2 is 2.24 bits per heavy atom. The first-order chi connectivity index (χ1) is 8.13. The number of amidine groups is 1. The molecule has 5 nitrogen and oxygen atoms in total. The van der Waals surface area contributed by atoms with Gasteiger partial charge in [0.05, 0.1) is 5.75 Å². The number of amides is 1. The number of carbonyl (C=O) groups is 2. The summed E-state index contributed by atoms with van der Waals surface area (Å²) in [4.78, 5) is 24.2. The van der Waals surface area contributed by atoms with E-state index in [9.17, 15) is 9.59 Å². The van der Waals surface area contributed by atoms with Crippen molar-refractivity contribution in [2.24, 2.45) is 4.99 Å². The van der Waals surface area contributed by atoms with Gasteiger partial charge in [-0.05, 0) is 18.6 Å². The van der Waals surface area contributed by atoms with Crippen molar-refractivity contribution < 1.29 is 14.7 Å². The maximum absolute atomic E-state index is 10.5. The Hall–Kier alpha value is -1.82. The lowest BCUT2D eigenvalue weighted by atomic mass is 10.2. The number of nitrogens with zero attached hydrogens (tertiary/aromatic N) is 1. The molecule has 1 aromatic rings. The Balaban J connectivity index is 2.82. The van der Waals surface area contributed by atoms with Crippen LogP contribution in [0.5, 0.6) is 0 Å². The maximum Gasteiger partial charge on any atom is 0.433 e. The summed E-state index contributed by atoms with van der Waals surface area (Å²) in [6.45, 7) is 1.89. The molecule has 0 saturated carbocycles. The number of hydrogen-bond acceptors (Lipinski definition) is 3. The number of hydrogen-bond donors (Lipinski definition) is 2. The molecule has 0 aliphatic carbocycles. The number of aliphatic imine (C=N–C) groups is 1. The van der Waals surface area contributed by atoms with E-state index < -0.39 is 6.09 Å². The van der Waals surface area contributed by atoms with E-state index in [-0.39, 0.29) is 10.9 Å². The van der Waals surface area contributed by atoms with Crippen LogP contribution in [-0.4, -0.2) is 28.4 Å². The van der Waals surface area contributed by atoms with Gasteiger partial charge >= 0.3 is 6.09 Å². The summed E-state index contributed by atoms with van der Waals surface area (Å²) in [6.07, 6.45) is -0.596. The lowest BCUT2D eigenvalue weighted by Crippen LogP contribution is -2.12. The molecule has 0 bridgehead atoms. The molecule has 0 aliphatic rings. The predicted octanol–water partition coefficient (Wildman–Crippen LogP) is 2.37. The highest BCUT2D eigenvalue weighted by molar-refractivity contribution is 8.14. The van der Waals surface area contributed by atoms with E-state index in [0.717, 1.165) is 23.0 Å². The molecule has 1 rings (SSSR count). The molecule has 0 heterocycles. The van der Waals surface area contributed by atoms with Crippen LogP contribution in [0.25, 0.3) is 0 Å². The van der Waals surface area contributed by atoms with Gasteiger partial charge < -0.3 is 15.2 Å². The van der Waals surface area contributed by atoms with Crippen LogP contribution in [0.4, 0.5) is 10.5 Å². The van der Waals surface area contributed by atoms with Gasteiger partial charge in [-0.15, -0.1) is 0 Å². The third kappa shape index (κ3) is 4.69. The zero-order chi connectivity index (χ0) is 12.7. The van der Waals surface area contributed by atoms with Crippen LogP contribution in [-0.2, 0) is 4.79 Å². The van der Waals surface area contributed by atoms with Crippen molar-refractivity contribution in [3.8, 4) is 0 Å². The van der Waals surface area contributed by atoms with E-state index in [1.165, 1.54) is 0 Å². The van der Waals surface area contributed by atoms with Crippen LogP contribution in [0.1, 0.15) is 5.56 Å². The van der Waals surface area contributed by atoms with Crippen LogP contribution in [0.2, 0.25) is 0 Å². The summed E-state index contributed by atoms with van der Waals surface area (Å²) in [5.74, 6) is 0.158. The fourth-order valence-corrected chi connectivity index (χ4v) is 1.68. The summed E-state index contributed by atoms with van der Waals surface area (Å²) in [7, 11) is 0. The highest BCUT2D eigenvalue weighted by Crippen LogP contribution is 2.16. The van der Waals surface area contributed by atoms with Gasteiger partial charge in [-0.1, -0.05) is 30.0 Å². The zero-order valence-corrected chi connectivity index (χ0v) is 10.0. The Kier molecular flexibility index (Phi) is 5.22. The van der Waals surface area contributed by atoms with Crippen molar-refractivity contribution >= 4 is 35.0 Å². The van der Waals surface area contributed by atoms with Gasteiger partial charge in [-0.2, -0.15) is 4.99 Å². The van der Waals surface area contributed by atoms with Crippen molar-refractivity contribution in [1.29, 1.82) is 0 Å². The summed E-state index contributed by atoms with van der Waals surface area (Å²) in [5.41, 5.74) is 1.74. The number of rotatable bonds is 3. The molecule has 0 saturated heterocycles. The van der Waals surface area contributed by atoms with E-state index in [4.69, 9.17) is 5.11 Å². The van der Waals surface area contributed by atoms with Gasteiger partial charge in [0.15, 0.2) is 5.17 Å². The van der Waals surface area contributed by atoms with Gasteiger partial charge in [0.1, 0.15) is 6.29 Å². The summed E-state index contributed by atoms with van der Waals surface area (Å²) < 4.78 is 0. The first-order valence-electron chi connectivity index (χ1n) is 4.84. The van der Waals surface area contributed by atoms with E-state index >= 15 is 0 Å². The highest BCUT2D eigenvalue weighted by Gasteiger charge is 2.05. The molecule has 0 radical (unpaired) electrons. The van der Waals surface area contributed by atoms with Gasteiger partial charge in [0.2, 0.25) is 0 Å². The number of benzene rings is 1. The monoisotopic (exact) mass is 252 g/mol. The molecule has 17 heavy (non-hydrogen) atoms. The molecule has 1 amide bonds. The average Bonchev–Trinajstić information content (AvgIpc) is 2.28. The summed E-state index contributed by atoms with van der Waals surface area (Å²) in [6, 6.07) is 7.42. The average molecular weight is 252 g/mol. The molecular formula is C11H12N2O3S. The highest BCUT2D eigenvalue weighted by atomic mass is 32.2. The van der Waals surface area contributed by atoms with E-state index in [2.05, 4.69) is 10.3 Å². The van der Waals surface area contributed by atoms with Crippen molar-refractivity contribution in [2.45, 2.75) is 6.92 Å². The minimum absolute atomic E-state index is 0.158. The number of anilines is 1. The fourth-order valence-electron chi connectivity index (χ4n) is 1.12. The second-order valence-corrected chi connectivity index (χ2v) is 4.13. The molecule has 6 heteroatoms. The van der Waals surface area contributed by atoms with Crippen LogP contribution in [0, 0.1) is 6.92 Å². The Morgan fingerprint density at radius 3 is 2.82 bits per heavy atom. The minimum Gasteiger partial charge on any atom is -0.463 e. The van der Waals surface area contributed by atoms with Crippen molar-refractivity contribution in [2.75, 3.05) is 11.1 Å². The van der Waals surface area contributed by atoms with Crippen LogP contribution >= 0.6 is 11.8 Å². The van der Waals surface area contributed by atoms with Gasteiger partial charge in [0, 0.05) is 5.69 Å². The number of aryl methyl sites for hydroxylation is 1. The lowest BCUT2D eigenvalue weighted by molar-refractivity contribution is -0.105. The quantitative estimate of drug-likeness (QED) is 0.490. The van der Waals surface area contributed by atoms with E-state index in [0.29, 0.717) is 6.29 Å². The second kappa shape index (κ2) is 6.70. The fraction of sp³-hybridized carbons (Fsp3) is 0.182. The lowest BCUT2D eigenvalue weighted by Gasteiger charge is -2.09. The maximum atomic E-state index is 10.5. The molecule has 1 aromatic carbocycles. The second-order valence-electron chi connectivity index (χ2n) is 3.12. The number of para-hydroxylation sites is 1. The number of carboxylic acid groups (broad SMARTS) is 1. The molecule has 2 N–H and O–H groups in total. The first kappa shape index (κ1) is 13.2. The normalized spacial score (nSPS) is 11.0.